The van der Waals surface area contributed by atoms with Crippen molar-refractivity contribution in [2.24, 2.45) is 14.1 Å². The van der Waals surface area contributed by atoms with Gasteiger partial charge in [0.05, 0.1) is 11.0 Å². The lowest BCUT2D eigenvalue weighted by molar-refractivity contribution is 0.112. The van der Waals surface area contributed by atoms with Crippen molar-refractivity contribution < 1.29 is 13.6 Å². The van der Waals surface area contributed by atoms with Gasteiger partial charge in [0.2, 0.25) is 0 Å². The Bertz CT molecular complexity index is 1140. The Hall–Kier alpha value is -3.35. The van der Waals surface area contributed by atoms with Gasteiger partial charge in [-0.2, -0.15) is 0 Å². The molecule has 0 unspecified atom stereocenters. The summed E-state index contributed by atoms with van der Waals surface area (Å²) in [6.07, 6.45) is 0.715. The van der Waals surface area contributed by atoms with Crippen LogP contribution in [0, 0.1) is 0 Å². The molecule has 0 saturated heterocycles. The molecule has 2 aromatic carbocycles. The number of hydrogen-bond acceptors (Lipinski definition) is 5. The van der Waals surface area contributed by atoms with Crippen LogP contribution in [-0.4, -0.2) is 15.4 Å². The fourth-order valence-corrected chi connectivity index (χ4v) is 2.31. The van der Waals surface area contributed by atoms with Crippen molar-refractivity contribution in [3.8, 4) is 0 Å². The van der Waals surface area contributed by atoms with Crippen LogP contribution in [0.3, 0.4) is 0 Å². The Kier molecular flexibility index (Phi) is 3.91. The Morgan fingerprint density at radius 3 is 2.04 bits per heavy atom. The van der Waals surface area contributed by atoms with E-state index in [1.54, 1.807) is 38.4 Å². The van der Waals surface area contributed by atoms with E-state index in [1.807, 2.05) is 18.2 Å². The van der Waals surface area contributed by atoms with E-state index < -0.39 is 5.76 Å². The summed E-state index contributed by atoms with van der Waals surface area (Å²) in [5.41, 5.74) is 3.10. The van der Waals surface area contributed by atoms with Crippen LogP contribution < -0.4 is 11.5 Å². The van der Waals surface area contributed by atoms with Crippen molar-refractivity contribution in [3.05, 3.63) is 69.1 Å². The quantitative estimate of drug-likeness (QED) is 0.500. The highest BCUT2D eigenvalue weighted by molar-refractivity contribution is 5.83. The van der Waals surface area contributed by atoms with Crippen molar-refractivity contribution in [3.63, 3.8) is 0 Å². The summed E-state index contributed by atoms with van der Waals surface area (Å²) in [5.74, 6) is -0.732. The molecule has 24 heavy (non-hydrogen) atoms. The lowest BCUT2D eigenvalue weighted by atomic mass is 10.2. The summed E-state index contributed by atoms with van der Waals surface area (Å²) in [6, 6.07) is 12.2. The van der Waals surface area contributed by atoms with Crippen molar-refractivity contribution >= 4 is 28.5 Å². The van der Waals surface area contributed by atoms with Gasteiger partial charge in [-0.25, -0.2) is 9.59 Å². The van der Waals surface area contributed by atoms with Crippen LogP contribution in [0.4, 0.5) is 0 Å². The number of benzene rings is 2. The smallest absolute Gasteiger partial charge is 0.408 e. The molecule has 0 aliphatic carbocycles. The second-order valence-corrected chi connectivity index (χ2v) is 5.17. The molecule has 0 aliphatic rings. The molecule has 0 spiro atoms. The second kappa shape index (κ2) is 6.04. The summed E-state index contributed by atoms with van der Waals surface area (Å²) in [5, 5.41) is 0. The fourth-order valence-electron chi connectivity index (χ4n) is 2.31. The second-order valence-electron chi connectivity index (χ2n) is 5.17. The third-order valence-corrected chi connectivity index (χ3v) is 3.65. The zero-order chi connectivity index (χ0) is 17.3. The topological polar surface area (TPSA) is 87.4 Å². The number of carbonyl (C=O) groups excluding carboxylic acids is 1. The maximum absolute atomic E-state index is 11.0. The highest BCUT2D eigenvalue weighted by atomic mass is 16.4. The molecule has 0 aliphatic heterocycles. The molecule has 0 atom stereocenters. The average Bonchev–Trinajstić information content (AvgIpc) is 3.04. The number of oxazole rings is 2. The molecule has 0 fully saturated rings. The van der Waals surface area contributed by atoms with E-state index in [0.29, 0.717) is 28.5 Å². The number of aryl methyl sites for hydroxylation is 2. The van der Waals surface area contributed by atoms with Gasteiger partial charge in [0.1, 0.15) is 6.29 Å². The SMILES string of the molecule is Cn1c(=O)oc2cc(C=O)ccc21.Cn1c(=O)oc2ccccc21. The van der Waals surface area contributed by atoms with Gasteiger partial charge in [0, 0.05) is 19.7 Å². The van der Waals surface area contributed by atoms with Crippen LogP contribution in [0.1, 0.15) is 10.4 Å². The third-order valence-electron chi connectivity index (χ3n) is 3.65. The minimum Gasteiger partial charge on any atom is -0.408 e. The first-order valence-corrected chi connectivity index (χ1v) is 7.10. The number of hydrogen-bond donors (Lipinski definition) is 0. The molecular formula is C17H14N2O5. The molecule has 2 heterocycles. The van der Waals surface area contributed by atoms with E-state index >= 15 is 0 Å². The number of fused-ring (bicyclic) bond motifs is 2. The predicted octanol–water partition coefficient (Wildman–Crippen LogP) is 2.08. The standard InChI is InChI=1S/C9H7NO3.C8H7NO2/c1-10-7-3-2-6(5-11)4-8(7)13-9(10)12;1-9-6-4-2-3-5-7(6)11-8(9)10/h2-5H,1H3;2-5H,1H3. The van der Waals surface area contributed by atoms with Gasteiger partial charge in [0.25, 0.3) is 0 Å². The Balaban J connectivity index is 0.000000143. The molecule has 0 N–H and O–H groups in total. The highest BCUT2D eigenvalue weighted by Crippen LogP contribution is 2.12. The number of nitrogens with zero attached hydrogens (tertiary/aromatic N) is 2. The molecule has 0 bridgehead atoms. The lowest BCUT2D eigenvalue weighted by Crippen LogP contribution is -2.08. The van der Waals surface area contributed by atoms with E-state index in [2.05, 4.69) is 0 Å². The molecule has 0 saturated carbocycles. The Morgan fingerprint density at radius 1 is 0.833 bits per heavy atom. The van der Waals surface area contributed by atoms with Crippen LogP contribution in [-0.2, 0) is 14.1 Å². The van der Waals surface area contributed by atoms with Crippen LogP contribution >= 0.6 is 0 Å². The lowest BCUT2D eigenvalue weighted by Gasteiger charge is -1.91. The zero-order valence-electron chi connectivity index (χ0n) is 13.1. The molecule has 122 valence electrons. The van der Waals surface area contributed by atoms with Crippen LogP contribution in [0.15, 0.2) is 60.9 Å². The van der Waals surface area contributed by atoms with Crippen molar-refractivity contribution in [1.29, 1.82) is 0 Å². The van der Waals surface area contributed by atoms with Crippen molar-refractivity contribution in [2.75, 3.05) is 0 Å². The van der Waals surface area contributed by atoms with Gasteiger partial charge < -0.3 is 8.83 Å². The molecular weight excluding hydrogens is 312 g/mol. The number of aldehydes is 1. The number of aromatic nitrogens is 2. The van der Waals surface area contributed by atoms with E-state index in [4.69, 9.17) is 8.83 Å². The summed E-state index contributed by atoms with van der Waals surface area (Å²) in [7, 11) is 3.31. The largest absolute Gasteiger partial charge is 0.419 e. The number of rotatable bonds is 1. The first-order valence-electron chi connectivity index (χ1n) is 7.10. The summed E-state index contributed by atoms with van der Waals surface area (Å²) in [6.45, 7) is 0. The van der Waals surface area contributed by atoms with Gasteiger partial charge >= 0.3 is 11.5 Å². The summed E-state index contributed by atoms with van der Waals surface area (Å²) >= 11 is 0. The van der Waals surface area contributed by atoms with Gasteiger partial charge in [-0.15, -0.1) is 0 Å². The van der Waals surface area contributed by atoms with Crippen LogP contribution in [0.2, 0.25) is 0 Å². The number of para-hydroxylation sites is 2. The maximum Gasteiger partial charge on any atom is 0.419 e. The van der Waals surface area contributed by atoms with Gasteiger partial charge in [-0.05, 0) is 30.3 Å². The highest BCUT2D eigenvalue weighted by Gasteiger charge is 2.05. The van der Waals surface area contributed by atoms with E-state index in [9.17, 15) is 14.4 Å². The normalized spacial score (nSPS) is 10.6. The molecule has 4 aromatic rings. The first-order chi connectivity index (χ1) is 11.5. The van der Waals surface area contributed by atoms with Crippen molar-refractivity contribution in [1.82, 2.24) is 9.13 Å². The van der Waals surface area contributed by atoms with Crippen molar-refractivity contribution in [2.45, 2.75) is 0 Å². The van der Waals surface area contributed by atoms with Gasteiger partial charge in [-0.1, -0.05) is 12.1 Å². The third kappa shape index (κ3) is 2.67. The number of carbonyl (C=O) groups is 1. The Morgan fingerprint density at radius 2 is 1.42 bits per heavy atom. The summed E-state index contributed by atoms with van der Waals surface area (Å²) in [4.78, 5) is 32.4. The maximum atomic E-state index is 11.0. The van der Waals surface area contributed by atoms with E-state index in [-0.39, 0.29) is 5.76 Å². The molecule has 2 aromatic heterocycles. The molecule has 0 amide bonds. The monoisotopic (exact) mass is 326 g/mol. The van der Waals surface area contributed by atoms with Crippen LogP contribution in [0.5, 0.6) is 0 Å². The Labute approximate surface area is 135 Å². The fraction of sp³-hybridized carbons (Fsp3) is 0.118. The van der Waals surface area contributed by atoms with E-state index in [0.717, 1.165) is 5.52 Å². The van der Waals surface area contributed by atoms with Crippen LogP contribution in [0.25, 0.3) is 22.2 Å². The zero-order valence-corrected chi connectivity index (χ0v) is 13.1. The molecule has 0 radical (unpaired) electrons. The molecule has 4 rings (SSSR count). The van der Waals surface area contributed by atoms with Gasteiger partial charge in [0.15, 0.2) is 11.2 Å². The van der Waals surface area contributed by atoms with Gasteiger partial charge in [-0.3, -0.25) is 13.9 Å². The average molecular weight is 326 g/mol. The summed E-state index contributed by atoms with van der Waals surface area (Å²) < 4.78 is 12.7. The van der Waals surface area contributed by atoms with E-state index in [1.165, 1.54) is 9.13 Å². The minimum atomic E-state index is -0.418. The first kappa shape index (κ1) is 15.5. The predicted molar refractivity (Wildman–Crippen MR) is 88.3 cm³/mol. The molecule has 7 heteroatoms. The molecule has 7 nitrogen and oxygen atoms in total. The minimum absolute atomic E-state index is 0.314.